The van der Waals surface area contributed by atoms with Gasteiger partial charge in [-0.3, -0.25) is 29.4 Å². The summed E-state index contributed by atoms with van der Waals surface area (Å²) in [6.45, 7) is 3.15. The van der Waals surface area contributed by atoms with Gasteiger partial charge in [0.15, 0.2) is 0 Å². The minimum Gasteiger partial charge on any atom is -0.384 e. The number of piperidine rings is 1. The van der Waals surface area contributed by atoms with Crippen LogP contribution in [0.5, 0.6) is 0 Å². The number of likely N-dealkylation sites (tertiary alicyclic amines) is 1. The molecule has 0 radical (unpaired) electrons. The Kier molecular flexibility index (Phi) is 4.43. The minimum absolute atomic E-state index is 0.119. The summed E-state index contributed by atoms with van der Waals surface area (Å²) in [6.07, 6.45) is 3.86. The van der Waals surface area contributed by atoms with Crippen LogP contribution in [0.1, 0.15) is 52.8 Å². The SMILES string of the molecule is CN1CC2(CC(CCNc3cccc4c3C(=O)N(C3CCC(=O)NC3=O)C4=O)C2)C1. The maximum absolute atomic E-state index is 13.1. The third-order valence-corrected chi connectivity index (χ3v) is 6.99. The monoisotopic (exact) mass is 410 g/mol. The summed E-state index contributed by atoms with van der Waals surface area (Å²) in [5.41, 5.74) is 1.84. The van der Waals surface area contributed by atoms with E-state index in [1.165, 1.54) is 25.9 Å². The largest absolute Gasteiger partial charge is 0.384 e. The summed E-state index contributed by atoms with van der Waals surface area (Å²) in [5.74, 6) is -1.19. The fourth-order valence-corrected chi connectivity index (χ4v) is 5.80. The lowest BCUT2D eigenvalue weighted by Gasteiger charge is -2.58. The molecule has 3 fully saturated rings. The molecule has 3 aliphatic heterocycles. The Balaban J connectivity index is 1.24. The second kappa shape index (κ2) is 6.91. The molecule has 2 saturated heterocycles. The molecule has 1 atom stereocenters. The van der Waals surface area contributed by atoms with Crippen LogP contribution in [0.2, 0.25) is 0 Å². The Morgan fingerprint density at radius 3 is 2.60 bits per heavy atom. The van der Waals surface area contributed by atoms with E-state index in [0.717, 1.165) is 17.9 Å². The van der Waals surface area contributed by atoms with Crippen LogP contribution in [0.25, 0.3) is 0 Å². The van der Waals surface area contributed by atoms with Crippen LogP contribution in [0, 0.1) is 11.3 Å². The van der Waals surface area contributed by atoms with Gasteiger partial charge in [-0.25, -0.2) is 0 Å². The molecule has 1 aromatic rings. The third-order valence-electron chi connectivity index (χ3n) is 6.99. The average molecular weight is 410 g/mol. The van der Waals surface area contributed by atoms with Crippen molar-refractivity contribution < 1.29 is 19.2 Å². The molecule has 158 valence electrons. The van der Waals surface area contributed by atoms with Crippen LogP contribution in [0.3, 0.4) is 0 Å². The molecular formula is C22H26N4O4. The summed E-state index contributed by atoms with van der Waals surface area (Å²) < 4.78 is 0. The number of hydrogen-bond donors (Lipinski definition) is 2. The minimum atomic E-state index is -0.935. The number of hydrogen-bond acceptors (Lipinski definition) is 6. The molecule has 1 saturated carbocycles. The number of rotatable bonds is 5. The van der Waals surface area contributed by atoms with E-state index < -0.39 is 23.8 Å². The number of nitrogens with zero attached hydrogens (tertiary/aromatic N) is 2. The highest BCUT2D eigenvalue weighted by Gasteiger charge is 2.50. The number of anilines is 1. The van der Waals surface area contributed by atoms with Gasteiger partial charge in [0.1, 0.15) is 6.04 Å². The van der Waals surface area contributed by atoms with Gasteiger partial charge in [-0.2, -0.15) is 0 Å². The zero-order chi connectivity index (χ0) is 21.0. The third kappa shape index (κ3) is 3.01. The van der Waals surface area contributed by atoms with E-state index >= 15 is 0 Å². The second-order valence-corrected chi connectivity index (χ2v) is 9.34. The van der Waals surface area contributed by atoms with Gasteiger partial charge in [0.05, 0.1) is 11.1 Å². The van der Waals surface area contributed by atoms with E-state index in [2.05, 4.69) is 22.6 Å². The highest BCUT2D eigenvalue weighted by Crippen LogP contribution is 2.52. The number of amides is 4. The molecule has 0 aromatic heterocycles. The van der Waals surface area contributed by atoms with Gasteiger partial charge in [0, 0.05) is 31.7 Å². The van der Waals surface area contributed by atoms with Crippen molar-refractivity contribution in [2.24, 2.45) is 11.3 Å². The van der Waals surface area contributed by atoms with Crippen molar-refractivity contribution in [2.45, 2.75) is 38.1 Å². The summed E-state index contributed by atoms with van der Waals surface area (Å²) in [7, 11) is 2.16. The fraction of sp³-hybridized carbons (Fsp3) is 0.545. The molecule has 4 amide bonds. The van der Waals surface area contributed by atoms with Gasteiger partial charge in [-0.1, -0.05) is 6.07 Å². The smallest absolute Gasteiger partial charge is 0.264 e. The number of carbonyl (C=O) groups excluding carboxylic acids is 4. The van der Waals surface area contributed by atoms with Gasteiger partial charge >= 0.3 is 0 Å². The van der Waals surface area contributed by atoms with Gasteiger partial charge in [0.25, 0.3) is 11.8 Å². The van der Waals surface area contributed by atoms with Crippen LogP contribution in [-0.4, -0.2) is 66.2 Å². The Labute approximate surface area is 175 Å². The maximum Gasteiger partial charge on any atom is 0.264 e. The fourth-order valence-electron chi connectivity index (χ4n) is 5.80. The van der Waals surface area contributed by atoms with Crippen LogP contribution < -0.4 is 10.6 Å². The quantitative estimate of drug-likeness (QED) is 0.709. The van der Waals surface area contributed by atoms with E-state index in [4.69, 9.17) is 0 Å². The molecule has 5 rings (SSSR count). The van der Waals surface area contributed by atoms with Gasteiger partial charge in [0.2, 0.25) is 11.8 Å². The van der Waals surface area contributed by atoms with Crippen molar-refractivity contribution in [1.29, 1.82) is 0 Å². The zero-order valence-corrected chi connectivity index (χ0v) is 17.1. The molecule has 1 spiro atoms. The molecule has 3 heterocycles. The van der Waals surface area contributed by atoms with E-state index in [-0.39, 0.29) is 18.7 Å². The van der Waals surface area contributed by atoms with E-state index in [0.29, 0.717) is 28.1 Å². The molecule has 0 bridgehead atoms. The highest BCUT2D eigenvalue weighted by atomic mass is 16.2. The standard InChI is InChI=1S/C22H26N4O4/c1-25-11-22(12-25)9-13(10-22)7-8-23-15-4-2-3-14-18(15)21(30)26(20(14)29)16-5-6-17(27)24-19(16)28/h2-4,13,16,23H,5-12H2,1H3,(H,24,27,28). The van der Waals surface area contributed by atoms with Gasteiger partial charge in [-0.05, 0) is 56.2 Å². The summed E-state index contributed by atoms with van der Waals surface area (Å²) in [5, 5.41) is 5.57. The topological polar surface area (TPSA) is 98.8 Å². The first kappa shape index (κ1) is 19.2. The molecule has 1 aromatic carbocycles. The molecular weight excluding hydrogens is 384 g/mol. The number of imide groups is 2. The van der Waals surface area contributed by atoms with E-state index in [1.54, 1.807) is 18.2 Å². The first-order valence-corrected chi connectivity index (χ1v) is 10.6. The Hall–Kier alpha value is -2.74. The van der Waals surface area contributed by atoms with Crippen LogP contribution in [0.15, 0.2) is 18.2 Å². The van der Waals surface area contributed by atoms with Crippen molar-refractivity contribution in [3.05, 3.63) is 29.3 Å². The van der Waals surface area contributed by atoms with Gasteiger partial charge in [-0.15, -0.1) is 0 Å². The van der Waals surface area contributed by atoms with E-state index in [9.17, 15) is 19.2 Å². The molecule has 4 aliphatic rings. The predicted octanol–water partition coefficient (Wildman–Crippen LogP) is 1.23. The van der Waals surface area contributed by atoms with Crippen molar-refractivity contribution in [1.82, 2.24) is 15.1 Å². The van der Waals surface area contributed by atoms with Crippen LogP contribution in [-0.2, 0) is 9.59 Å². The average Bonchev–Trinajstić information content (AvgIpc) is 2.90. The van der Waals surface area contributed by atoms with Crippen molar-refractivity contribution in [3.8, 4) is 0 Å². The lowest BCUT2D eigenvalue weighted by molar-refractivity contribution is -0.136. The van der Waals surface area contributed by atoms with Crippen LogP contribution in [0.4, 0.5) is 5.69 Å². The molecule has 1 aliphatic carbocycles. The lowest BCUT2D eigenvalue weighted by atomic mass is 9.57. The number of nitrogens with one attached hydrogen (secondary N) is 2. The Bertz CT molecular complexity index is 944. The molecule has 30 heavy (non-hydrogen) atoms. The lowest BCUT2D eigenvalue weighted by Crippen LogP contribution is -2.60. The normalized spacial score (nSPS) is 25.8. The molecule has 8 nitrogen and oxygen atoms in total. The Morgan fingerprint density at radius 2 is 1.90 bits per heavy atom. The predicted molar refractivity (Wildman–Crippen MR) is 109 cm³/mol. The second-order valence-electron chi connectivity index (χ2n) is 9.34. The molecule has 1 unspecified atom stereocenters. The van der Waals surface area contributed by atoms with Gasteiger partial charge < -0.3 is 10.2 Å². The summed E-state index contributed by atoms with van der Waals surface area (Å²) in [6, 6.07) is 4.24. The highest BCUT2D eigenvalue weighted by molar-refractivity contribution is 6.25. The van der Waals surface area contributed by atoms with Crippen molar-refractivity contribution in [2.75, 3.05) is 32.0 Å². The van der Waals surface area contributed by atoms with Crippen molar-refractivity contribution in [3.63, 3.8) is 0 Å². The summed E-state index contributed by atoms with van der Waals surface area (Å²) in [4.78, 5) is 52.9. The maximum atomic E-state index is 13.1. The Morgan fingerprint density at radius 1 is 1.13 bits per heavy atom. The summed E-state index contributed by atoms with van der Waals surface area (Å²) >= 11 is 0. The van der Waals surface area contributed by atoms with Crippen LogP contribution >= 0.6 is 0 Å². The first-order chi connectivity index (χ1) is 14.4. The molecule has 8 heteroatoms. The number of benzene rings is 1. The van der Waals surface area contributed by atoms with E-state index in [1.807, 2.05) is 0 Å². The first-order valence-electron chi connectivity index (χ1n) is 10.6. The zero-order valence-electron chi connectivity index (χ0n) is 17.1. The number of carbonyl (C=O) groups is 4. The van der Waals surface area contributed by atoms with Crippen molar-refractivity contribution >= 4 is 29.3 Å². The molecule has 2 N–H and O–H groups in total. The number of fused-ring (bicyclic) bond motifs is 1.